The molecule has 2 nitrogen and oxygen atoms in total. The summed E-state index contributed by atoms with van der Waals surface area (Å²) in [6.45, 7) is 9.11. The average Bonchev–Trinajstić information content (AvgIpc) is 2.26. The van der Waals surface area contributed by atoms with E-state index in [1.165, 1.54) is 0 Å². The quantitative estimate of drug-likeness (QED) is 0.729. The minimum absolute atomic E-state index is 0.0135. The van der Waals surface area contributed by atoms with Crippen molar-refractivity contribution in [3.05, 3.63) is 10.6 Å². The molecule has 0 N–H and O–H groups in total. The van der Waals surface area contributed by atoms with Gasteiger partial charge in [0.05, 0.1) is 6.10 Å². The van der Waals surface area contributed by atoms with Crippen LogP contribution in [0, 0.1) is 5.41 Å². The number of rotatable bonds is 3. The van der Waals surface area contributed by atoms with Crippen LogP contribution in [0.3, 0.4) is 0 Å². The fourth-order valence-electron chi connectivity index (χ4n) is 2.13. The molecule has 82 valence electrons. The lowest BCUT2D eigenvalue weighted by Gasteiger charge is -2.37. The van der Waals surface area contributed by atoms with Gasteiger partial charge in [0.15, 0.2) is 0 Å². The van der Waals surface area contributed by atoms with Crippen LogP contribution in [0.2, 0.25) is 0 Å². The molecule has 0 bridgehead atoms. The van der Waals surface area contributed by atoms with Gasteiger partial charge < -0.3 is 9.47 Å². The van der Waals surface area contributed by atoms with Gasteiger partial charge in [0.2, 0.25) is 0 Å². The number of hydrogen-bond acceptors (Lipinski definition) is 2. The lowest BCUT2D eigenvalue weighted by molar-refractivity contribution is -0.115. The monoisotopic (exact) mass is 263 g/mol. The van der Waals surface area contributed by atoms with Crippen LogP contribution in [0.4, 0.5) is 0 Å². The molecular weight excluding hydrogens is 245 g/mol. The Morgan fingerprint density at radius 3 is 2.43 bits per heavy atom. The highest BCUT2D eigenvalue weighted by atomic mass is 79.9. The first-order chi connectivity index (χ1) is 6.38. The van der Waals surface area contributed by atoms with E-state index in [0.717, 1.165) is 4.48 Å². The van der Waals surface area contributed by atoms with Crippen molar-refractivity contribution in [3.63, 3.8) is 0 Å². The summed E-state index contributed by atoms with van der Waals surface area (Å²) in [4.78, 5) is 0. The van der Waals surface area contributed by atoms with Crippen LogP contribution >= 0.6 is 15.9 Å². The predicted octanol–water partition coefficient (Wildman–Crippen LogP) is 3.12. The molecule has 0 saturated carbocycles. The Bertz CT molecular complexity index is 248. The van der Waals surface area contributed by atoms with Gasteiger partial charge in [-0.05, 0) is 13.8 Å². The molecule has 1 aliphatic rings. The van der Waals surface area contributed by atoms with Crippen molar-refractivity contribution in [3.8, 4) is 0 Å². The minimum Gasteiger partial charge on any atom is -0.374 e. The van der Waals surface area contributed by atoms with E-state index in [1.54, 1.807) is 7.11 Å². The summed E-state index contributed by atoms with van der Waals surface area (Å²) in [7, 11) is 1.72. The van der Waals surface area contributed by atoms with Crippen molar-refractivity contribution < 1.29 is 9.47 Å². The molecule has 0 aliphatic heterocycles. The molecule has 0 heterocycles. The number of hydrogen-bond donors (Lipinski definition) is 0. The van der Waals surface area contributed by atoms with E-state index in [1.807, 2.05) is 6.92 Å². The zero-order valence-corrected chi connectivity index (χ0v) is 11.1. The second-order valence-corrected chi connectivity index (χ2v) is 5.31. The molecule has 3 heteroatoms. The molecule has 1 rings (SSSR count). The fraction of sp³-hybridized carbons (Fsp3) is 0.818. The molecule has 2 atom stereocenters. The summed E-state index contributed by atoms with van der Waals surface area (Å²) in [5, 5.41) is 0. The van der Waals surface area contributed by atoms with Crippen LogP contribution in [0.5, 0.6) is 0 Å². The maximum absolute atomic E-state index is 5.79. The highest BCUT2D eigenvalue weighted by Gasteiger charge is 2.51. The number of halogens is 1. The zero-order valence-electron chi connectivity index (χ0n) is 9.56. The Morgan fingerprint density at radius 1 is 1.43 bits per heavy atom. The third-order valence-corrected chi connectivity index (χ3v) is 3.92. The molecule has 1 aliphatic carbocycles. The zero-order chi connectivity index (χ0) is 11.0. The molecule has 0 unspecified atom stereocenters. The van der Waals surface area contributed by atoms with Crippen molar-refractivity contribution in [2.75, 3.05) is 13.7 Å². The molecule has 0 aromatic heterocycles. The number of methoxy groups -OCH3 is 1. The molecule has 14 heavy (non-hydrogen) atoms. The Hall–Kier alpha value is 0.140. The molecule has 0 saturated heterocycles. The van der Waals surface area contributed by atoms with Crippen LogP contribution in [-0.2, 0) is 9.47 Å². The molecule has 0 aromatic carbocycles. The van der Waals surface area contributed by atoms with E-state index in [0.29, 0.717) is 6.61 Å². The van der Waals surface area contributed by atoms with Gasteiger partial charge in [-0.3, -0.25) is 0 Å². The molecule has 0 radical (unpaired) electrons. The Balaban J connectivity index is 3.00. The fourth-order valence-corrected chi connectivity index (χ4v) is 3.09. The summed E-state index contributed by atoms with van der Waals surface area (Å²) < 4.78 is 12.4. The third kappa shape index (κ3) is 1.77. The largest absolute Gasteiger partial charge is 0.374 e. The standard InChI is InChI=1S/C11H19BrO2/c1-6-14-9-10(2,3)7-8(12)11(9,4)13-5/h7,9H,6H2,1-5H3/t9-,11-/m0/s1/i8+1. The van der Waals surface area contributed by atoms with Crippen molar-refractivity contribution in [2.45, 2.75) is 39.4 Å². The van der Waals surface area contributed by atoms with E-state index in [2.05, 4.69) is 42.8 Å². The van der Waals surface area contributed by atoms with Gasteiger partial charge in [-0.15, -0.1) is 0 Å². The summed E-state index contributed by atoms with van der Waals surface area (Å²) in [6.07, 6.45) is 2.25. The first-order valence-corrected chi connectivity index (χ1v) is 5.73. The Labute approximate surface area is 94.8 Å². The van der Waals surface area contributed by atoms with Gasteiger partial charge in [0, 0.05) is 23.6 Å². The summed E-state index contributed by atoms with van der Waals surface area (Å²) in [5.41, 5.74) is -0.334. The van der Waals surface area contributed by atoms with Gasteiger partial charge in [0.1, 0.15) is 5.60 Å². The van der Waals surface area contributed by atoms with Crippen LogP contribution < -0.4 is 0 Å². The van der Waals surface area contributed by atoms with E-state index in [9.17, 15) is 0 Å². The van der Waals surface area contributed by atoms with Gasteiger partial charge in [-0.25, -0.2) is 0 Å². The predicted molar refractivity (Wildman–Crippen MR) is 61.6 cm³/mol. The summed E-state index contributed by atoms with van der Waals surface area (Å²) >= 11 is 3.56. The topological polar surface area (TPSA) is 18.5 Å². The van der Waals surface area contributed by atoms with Gasteiger partial charge in [-0.2, -0.15) is 0 Å². The van der Waals surface area contributed by atoms with E-state index in [4.69, 9.17) is 9.47 Å². The Kier molecular flexibility index (Phi) is 3.45. The van der Waals surface area contributed by atoms with Crippen LogP contribution in [0.25, 0.3) is 0 Å². The van der Waals surface area contributed by atoms with Gasteiger partial charge in [0.25, 0.3) is 0 Å². The lowest BCUT2D eigenvalue weighted by atomic mass is 9.85. The SMILES string of the molecule is CCO[C@H]1C(C)(C)C=[13C](Br)[C@]1(C)OC. The van der Waals surface area contributed by atoms with Crippen LogP contribution in [0.15, 0.2) is 10.6 Å². The second-order valence-electron chi connectivity index (χ2n) is 4.46. The van der Waals surface area contributed by atoms with Crippen molar-refractivity contribution in [2.24, 2.45) is 5.41 Å². The van der Waals surface area contributed by atoms with E-state index < -0.39 is 0 Å². The smallest absolute Gasteiger partial charge is 0.123 e. The maximum atomic E-state index is 5.79. The normalized spacial score (nSPS) is 35.9. The molecule has 0 spiro atoms. The minimum atomic E-state index is -0.348. The molecular formula is C11H19BrO2. The van der Waals surface area contributed by atoms with Crippen LogP contribution in [0.1, 0.15) is 27.7 Å². The van der Waals surface area contributed by atoms with Gasteiger partial charge >= 0.3 is 0 Å². The summed E-state index contributed by atoms with van der Waals surface area (Å²) in [6, 6.07) is 0. The highest BCUT2D eigenvalue weighted by molar-refractivity contribution is 9.11. The maximum Gasteiger partial charge on any atom is 0.123 e. The van der Waals surface area contributed by atoms with Crippen molar-refractivity contribution >= 4 is 15.9 Å². The van der Waals surface area contributed by atoms with Crippen LogP contribution in [-0.4, -0.2) is 25.4 Å². The summed E-state index contributed by atoms with van der Waals surface area (Å²) in [5.74, 6) is 0. The van der Waals surface area contributed by atoms with Gasteiger partial charge in [-0.1, -0.05) is 35.9 Å². The van der Waals surface area contributed by atoms with E-state index in [-0.39, 0.29) is 17.1 Å². The first-order valence-electron chi connectivity index (χ1n) is 4.94. The molecule has 0 aromatic rings. The van der Waals surface area contributed by atoms with Crippen molar-refractivity contribution in [1.29, 1.82) is 0 Å². The average molecular weight is 264 g/mol. The number of ether oxygens (including phenoxy) is 2. The van der Waals surface area contributed by atoms with Crippen molar-refractivity contribution in [1.82, 2.24) is 0 Å². The highest BCUT2D eigenvalue weighted by Crippen LogP contribution is 2.48. The third-order valence-electron chi connectivity index (χ3n) is 2.91. The molecule has 0 amide bonds. The van der Waals surface area contributed by atoms with E-state index >= 15 is 0 Å². The Morgan fingerprint density at radius 2 is 2.00 bits per heavy atom. The first kappa shape index (κ1) is 12.2. The second kappa shape index (κ2) is 3.95. The lowest BCUT2D eigenvalue weighted by Crippen LogP contribution is -2.46. The molecule has 0 fully saturated rings.